The highest BCUT2D eigenvalue weighted by Crippen LogP contribution is 2.33. The van der Waals surface area contributed by atoms with Gasteiger partial charge in [-0.15, -0.1) is 10.2 Å². The fraction of sp³-hybridized carbons (Fsp3) is 0.526. The predicted octanol–water partition coefficient (Wildman–Crippen LogP) is 3.55. The first kappa shape index (κ1) is 18.9. The van der Waals surface area contributed by atoms with Gasteiger partial charge < -0.3 is 9.88 Å². The van der Waals surface area contributed by atoms with E-state index in [1.54, 1.807) is 30.0 Å². The van der Waals surface area contributed by atoms with Crippen LogP contribution in [0.15, 0.2) is 29.4 Å². The largest absolute Gasteiger partial charge is 0.356 e. The second kappa shape index (κ2) is 9.16. The molecule has 140 valence electrons. The van der Waals surface area contributed by atoms with Gasteiger partial charge in [-0.1, -0.05) is 42.8 Å². The molecular formula is C19H25FN4OS. The molecule has 0 aliphatic heterocycles. The summed E-state index contributed by atoms with van der Waals surface area (Å²) in [6, 6.07) is 6.90. The number of carbonyl (C=O) groups excluding carboxylic acids is 1. The molecule has 7 heteroatoms. The van der Waals surface area contributed by atoms with Crippen molar-refractivity contribution in [2.75, 3.05) is 12.8 Å². The van der Waals surface area contributed by atoms with Gasteiger partial charge in [-0.3, -0.25) is 4.79 Å². The minimum Gasteiger partial charge on any atom is -0.356 e. The average molecular weight is 377 g/mol. The summed E-state index contributed by atoms with van der Waals surface area (Å²) >= 11 is 1.63. The lowest BCUT2D eigenvalue weighted by Gasteiger charge is -2.16. The lowest BCUT2D eigenvalue weighted by atomic mass is 10.1. The van der Waals surface area contributed by atoms with E-state index in [0.29, 0.717) is 18.2 Å². The van der Waals surface area contributed by atoms with Crippen LogP contribution in [-0.2, 0) is 17.6 Å². The molecule has 1 heterocycles. The maximum Gasteiger partial charge on any atom is 0.224 e. The van der Waals surface area contributed by atoms with Gasteiger partial charge in [-0.25, -0.2) is 4.39 Å². The number of benzene rings is 1. The number of aromatic nitrogens is 3. The van der Waals surface area contributed by atoms with Gasteiger partial charge in [0.25, 0.3) is 0 Å². The molecule has 1 aliphatic rings. The summed E-state index contributed by atoms with van der Waals surface area (Å²) in [5.74, 6) is 0.513. The zero-order valence-electron chi connectivity index (χ0n) is 15.1. The van der Waals surface area contributed by atoms with Crippen LogP contribution in [0.5, 0.6) is 0 Å². The molecule has 5 nitrogen and oxygen atoms in total. The number of nitrogens with one attached hydrogen (secondary N) is 1. The Bertz CT molecular complexity index is 743. The van der Waals surface area contributed by atoms with Crippen LogP contribution in [0.3, 0.4) is 0 Å². The van der Waals surface area contributed by atoms with E-state index in [0.717, 1.165) is 23.8 Å². The fourth-order valence-electron chi connectivity index (χ4n) is 3.50. The number of nitrogens with zero attached hydrogens (tertiary/aromatic N) is 3. The summed E-state index contributed by atoms with van der Waals surface area (Å²) in [5.41, 5.74) is 0.426. The fourth-order valence-corrected chi connectivity index (χ4v) is 4.07. The molecule has 1 N–H and O–H groups in total. The van der Waals surface area contributed by atoms with Crippen LogP contribution in [0.4, 0.5) is 4.39 Å². The SMILES string of the molecule is CSc1nnc(CCCNC(=O)Cc2ccccc2F)n1C1CCCC1. The van der Waals surface area contributed by atoms with Gasteiger partial charge in [0.15, 0.2) is 5.16 Å². The molecule has 0 saturated heterocycles. The summed E-state index contributed by atoms with van der Waals surface area (Å²) in [4.78, 5) is 12.0. The van der Waals surface area contributed by atoms with Gasteiger partial charge in [0.05, 0.1) is 6.42 Å². The van der Waals surface area contributed by atoms with Gasteiger partial charge >= 0.3 is 0 Å². The highest BCUT2D eigenvalue weighted by Gasteiger charge is 2.23. The Balaban J connectivity index is 1.48. The van der Waals surface area contributed by atoms with Crippen molar-refractivity contribution in [1.29, 1.82) is 0 Å². The molecule has 1 aliphatic carbocycles. The van der Waals surface area contributed by atoms with E-state index in [4.69, 9.17) is 0 Å². The Labute approximate surface area is 157 Å². The summed E-state index contributed by atoms with van der Waals surface area (Å²) < 4.78 is 15.9. The quantitative estimate of drug-likeness (QED) is 0.565. The Morgan fingerprint density at radius 1 is 1.31 bits per heavy atom. The van der Waals surface area contributed by atoms with Gasteiger partial charge in [0.1, 0.15) is 11.6 Å². The molecule has 0 atom stereocenters. The third-order valence-corrected chi connectivity index (χ3v) is 5.46. The van der Waals surface area contributed by atoms with E-state index in [-0.39, 0.29) is 18.1 Å². The molecule has 0 spiro atoms. The van der Waals surface area contributed by atoms with Crippen molar-refractivity contribution in [3.05, 3.63) is 41.5 Å². The molecule has 0 radical (unpaired) electrons. The van der Waals surface area contributed by atoms with E-state index in [1.807, 2.05) is 6.26 Å². The summed E-state index contributed by atoms with van der Waals surface area (Å²) in [6.07, 6.45) is 8.59. The zero-order chi connectivity index (χ0) is 18.4. The normalized spacial score (nSPS) is 14.7. The standard InChI is InChI=1S/C19H25FN4OS/c1-26-19-23-22-17(24(19)15-8-3-4-9-15)11-6-12-21-18(25)13-14-7-2-5-10-16(14)20/h2,5,7,10,15H,3-4,6,8-9,11-13H2,1H3,(H,21,25). The molecule has 1 fully saturated rings. The van der Waals surface area contributed by atoms with Crippen LogP contribution in [0.25, 0.3) is 0 Å². The maximum atomic E-state index is 13.6. The Morgan fingerprint density at radius 3 is 2.81 bits per heavy atom. The van der Waals surface area contributed by atoms with Crippen molar-refractivity contribution >= 4 is 17.7 Å². The molecule has 0 unspecified atom stereocenters. The van der Waals surface area contributed by atoms with E-state index in [9.17, 15) is 9.18 Å². The summed E-state index contributed by atoms with van der Waals surface area (Å²) in [5, 5.41) is 12.5. The van der Waals surface area contributed by atoms with E-state index >= 15 is 0 Å². The summed E-state index contributed by atoms with van der Waals surface area (Å²) in [7, 11) is 0. The van der Waals surface area contributed by atoms with Crippen molar-refractivity contribution in [2.45, 2.75) is 56.1 Å². The van der Waals surface area contributed by atoms with Crippen LogP contribution >= 0.6 is 11.8 Å². The van der Waals surface area contributed by atoms with Crippen molar-refractivity contribution in [2.24, 2.45) is 0 Å². The van der Waals surface area contributed by atoms with E-state index in [2.05, 4.69) is 20.1 Å². The first-order chi connectivity index (χ1) is 12.7. The number of hydrogen-bond acceptors (Lipinski definition) is 4. The third kappa shape index (κ3) is 4.63. The lowest BCUT2D eigenvalue weighted by Crippen LogP contribution is -2.27. The second-order valence-electron chi connectivity index (χ2n) is 6.63. The average Bonchev–Trinajstić information content (AvgIpc) is 3.29. The van der Waals surface area contributed by atoms with Gasteiger partial charge in [0, 0.05) is 19.0 Å². The van der Waals surface area contributed by atoms with Crippen LogP contribution in [0, 0.1) is 5.82 Å². The monoisotopic (exact) mass is 376 g/mol. The Morgan fingerprint density at radius 2 is 2.08 bits per heavy atom. The van der Waals surface area contributed by atoms with Crippen LogP contribution in [0.1, 0.15) is 49.5 Å². The first-order valence-corrected chi connectivity index (χ1v) is 10.4. The molecular weight excluding hydrogens is 351 g/mol. The highest BCUT2D eigenvalue weighted by molar-refractivity contribution is 7.98. The van der Waals surface area contributed by atoms with Gasteiger partial charge in [-0.2, -0.15) is 0 Å². The molecule has 0 bridgehead atoms. The molecule has 1 aromatic carbocycles. The number of hydrogen-bond donors (Lipinski definition) is 1. The number of halogens is 1. The minimum absolute atomic E-state index is 0.0710. The molecule has 1 amide bonds. The number of amides is 1. The summed E-state index contributed by atoms with van der Waals surface area (Å²) in [6.45, 7) is 0.555. The molecule has 26 heavy (non-hydrogen) atoms. The van der Waals surface area contributed by atoms with Crippen molar-refractivity contribution < 1.29 is 9.18 Å². The van der Waals surface area contributed by atoms with Crippen molar-refractivity contribution in [3.8, 4) is 0 Å². The van der Waals surface area contributed by atoms with Gasteiger partial charge in [-0.05, 0) is 37.1 Å². The first-order valence-electron chi connectivity index (χ1n) is 9.17. The number of thioether (sulfide) groups is 1. The van der Waals surface area contributed by atoms with E-state index in [1.165, 1.54) is 31.7 Å². The number of carbonyl (C=O) groups is 1. The topological polar surface area (TPSA) is 59.8 Å². The van der Waals surface area contributed by atoms with Crippen molar-refractivity contribution in [3.63, 3.8) is 0 Å². The Kier molecular flexibility index (Phi) is 6.66. The molecule has 1 aromatic heterocycles. The van der Waals surface area contributed by atoms with E-state index < -0.39 is 0 Å². The maximum absolute atomic E-state index is 13.6. The van der Waals surface area contributed by atoms with Crippen molar-refractivity contribution in [1.82, 2.24) is 20.1 Å². The van der Waals surface area contributed by atoms with Crippen LogP contribution in [0.2, 0.25) is 0 Å². The van der Waals surface area contributed by atoms with Crippen LogP contribution < -0.4 is 5.32 Å². The second-order valence-corrected chi connectivity index (χ2v) is 7.41. The molecule has 2 aromatic rings. The van der Waals surface area contributed by atoms with Crippen LogP contribution in [-0.4, -0.2) is 33.5 Å². The molecule has 1 saturated carbocycles. The van der Waals surface area contributed by atoms with Gasteiger partial charge in [0.2, 0.25) is 5.91 Å². The number of rotatable bonds is 8. The predicted molar refractivity (Wildman–Crippen MR) is 101 cm³/mol. The highest BCUT2D eigenvalue weighted by atomic mass is 32.2. The smallest absolute Gasteiger partial charge is 0.224 e. The minimum atomic E-state index is -0.336. The lowest BCUT2D eigenvalue weighted by molar-refractivity contribution is -0.120. The number of aryl methyl sites for hydroxylation is 1. The third-order valence-electron chi connectivity index (χ3n) is 4.82. The molecule has 3 rings (SSSR count). The zero-order valence-corrected chi connectivity index (χ0v) is 15.9. The Hall–Kier alpha value is -1.89.